The van der Waals surface area contributed by atoms with E-state index in [1.54, 1.807) is 18.8 Å². The van der Waals surface area contributed by atoms with Gasteiger partial charge in [0.05, 0.1) is 18.8 Å². The molecule has 2 aromatic rings. The van der Waals surface area contributed by atoms with Crippen molar-refractivity contribution in [2.45, 2.75) is 67.2 Å². The molecule has 0 aliphatic carbocycles. The van der Waals surface area contributed by atoms with E-state index >= 15 is 0 Å². The first-order valence-electron chi connectivity index (χ1n) is 7.66. The van der Waals surface area contributed by atoms with Gasteiger partial charge in [-0.2, -0.15) is 0 Å². The molecule has 2 heteroatoms. The first kappa shape index (κ1) is 20.9. The van der Waals surface area contributed by atoms with Gasteiger partial charge in [-0.25, -0.2) is 0 Å². The van der Waals surface area contributed by atoms with Crippen molar-refractivity contribution in [2.75, 3.05) is 0 Å². The molecule has 0 aliphatic rings. The lowest BCUT2D eigenvalue weighted by atomic mass is 10.1. The minimum atomic E-state index is 0.519. The van der Waals surface area contributed by atoms with Crippen LogP contribution in [0.25, 0.3) is 0 Å². The zero-order valence-electron chi connectivity index (χ0n) is 14.4. The van der Waals surface area contributed by atoms with Crippen LogP contribution >= 0.6 is 0 Å². The molecule has 2 nitrogen and oxygen atoms in total. The molecule has 20 heavy (non-hydrogen) atoms. The first-order valence-corrected chi connectivity index (χ1v) is 7.66. The van der Waals surface area contributed by atoms with Gasteiger partial charge in [0.1, 0.15) is 5.76 Å². The standard InChI is InChI=1S/2C7H10O.2C2H6/c1-6(2)7-3-4-8-5-7;1-6(2)7-4-3-5-8-7;2*1-2/h2*3-6H,1-2H3;2*1-2H3. The van der Waals surface area contributed by atoms with Crippen LogP contribution in [0.4, 0.5) is 0 Å². The van der Waals surface area contributed by atoms with Gasteiger partial charge in [-0.1, -0.05) is 55.4 Å². The van der Waals surface area contributed by atoms with Gasteiger partial charge in [0.2, 0.25) is 0 Å². The summed E-state index contributed by atoms with van der Waals surface area (Å²) in [6.45, 7) is 16.5. The Morgan fingerprint density at radius 1 is 0.800 bits per heavy atom. The van der Waals surface area contributed by atoms with Crippen molar-refractivity contribution in [3.05, 3.63) is 48.3 Å². The van der Waals surface area contributed by atoms with Crippen LogP contribution < -0.4 is 0 Å². The monoisotopic (exact) mass is 280 g/mol. The maximum absolute atomic E-state index is 5.09. The number of hydrogen-bond donors (Lipinski definition) is 0. The average molecular weight is 280 g/mol. The maximum atomic E-state index is 5.09. The lowest BCUT2D eigenvalue weighted by molar-refractivity contribution is 0.487. The fraction of sp³-hybridized carbons (Fsp3) is 0.556. The van der Waals surface area contributed by atoms with Gasteiger partial charge >= 0.3 is 0 Å². The first-order chi connectivity index (χ1) is 9.61. The van der Waals surface area contributed by atoms with Crippen molar-refractivity contribution < 1.29 is 8.83 Å². The number of hydrogen-bond acceptors (Lipinski definition) is 2. The summed E-state index contributed by atoms with van der Waals surface area (Å²) < 4.78 is 9.97. The molecular weight excluding hydrogens is 248 g/mol. The molecule has 2 rings (SSSR count). The summed E-state index contributed by atoms with van der Waals surface area (Å²) in [7, 11) is 0. The minimum absolute atomic E-state index is 0.519. The SMILES string of the molecule is CC.CC.CC(C)c1ccco1.CC(C)c1ccoc1. The third-order valence-electron chi connectivity index (χ3n) is 2.32. The summed E-state index contributed by atoms with van der Waals surface area (Å²) in [5, 5.41) is 0. The van der Waals surface area contributed by atoms with Crippen molar-refractivity contribution in [2.24, 2.45) is 0 Å². The van der Waals surface area contributed by atoms with Crippen LogP contribution in [-0.2, 0) is 0 Å². The Hall–Kier alpha value is -1.44. The molecule has 2 aromatic heterocycles. The molecule has 116 valence electrons. The Morgan fingerprint density at radius 2 is 1.40 bits per heavy atom. The molecule has 0 spiro atoms. The highest BCUT2D eigenvalue weighted by Crippen LogP contribution is 2.13. The van der Waals surface area contributed by atoms with Crippen LogP contribution in [0.5, 0.6) is 0 Å². The molecule has 0 atom stereocenters. The quantitative estimate of drug-likeness (QED) is 0.600. The molecule has 0 fully saturated rings. The van der Waals surface area contributed by atoms with E-state index in [0.717, 1.165) is 5.76 Å². The van der Waals surface area contributed by atoms with E-state index in [1.165, 1.54) is 5.56 Å². The molecule has 0 radical (unpaired) electrons. The van der Waals surface area contributed by atoms with Crippen molar-refractivity contribution in [1.29, 1.82) is 0 Å². The molecule has 0 bridgehead atoms. The number of furan rings is 2. The van der Waals surface area contributed by atoms with E-state index in [0.29, 0.717) is 11.8 Å². The number of rotatable bonds is 2. The van der Waals surface area contributed by atoms with Crippen LogP contribution in [0.2, 0.25) is 0 Å². The summed E-state index contributed by atoms with van der Waals surface area (Å²) in [6, 6.07) is 5.89. The fourth-order valence-electron chi connectivity index (χ4n) is 1.22. The zero-order chi connectivity index (χ0) is 16.0. The van der Waals surface area contributed by atoms with Crippen molar-refractivity contribution in [3.8, 4) is 0 Å². The van der Waals surface area contributed by atoms with Gasteiger partial charge in [0, 0.05) is 5.92 Å². The molecule has 0 saturated carbocycles. The largest absolute Gasteiger partial charge is 0.472 e. The van der Waals surface area contributed by atoms with E-state index in [9.17, 15) is 0 Å². The second kappa shape index (κ2) is 14.0. The summed E-state index contributed by atoms with van der Waals surface area (Å²) in [5.41, 5.74) is 1.27. The van der Waals surface area contributed by atoms with Gasteiger partial charge in [-0.15, -0.1) is 0 Å². The average Bonchev–Trinajstić information content (AvgIpc) is 3.17. The molecule has 0 aliphatic heterocycles. The Bertz CT molecular complexity index is 318. The van der Waals surface area contributed by atoms with Crippen LogP contribution in [0, 0.1) is 0 Å². The topological polar surface area (TPSA) is 26.3 Å². The molecule has 0 unspecified atom stereocenters. The highest BCUT2D eigenvalue weighted by molar-refractivity contribution is 5.09. The molecule has 2 heterocycles. The van der Waals surface area contributed by atoms with Gasteiger partial charge in [0.25, 0.3) is 0 Å². The lowest BCUT2D eigenvalue weighted by Gasteiger charge is -1.94. The van der Waals surface area contributed by atoms with E-state index in [2.05, 4.69) is 27.7 Å². The molecule has 0 aromatic carbocycles. The second-order valence-corrected chi connectivity index (χ2v) is 4.38. The third-order valence-corrected chi connectivity index (χ3v) is 2.32. The van der Waals surface area contributed by atoms with Crippen LogP contribution in [-0.4, -0.2) is 0 Å². The Morgan fingerprint density at radius 3 is 1.60 bits per heavy atom. The molecule has 0 N–H and O–H groups in total. The van der Waals surface area contributed by atoms with Crippen molar-refractivity contribution >= 4 is 0 Å². The van der Waals surface area contributed by atoms with Gasteiger partial charge in [-0.3, -0.25) is 0 Å². The van der Waals surface area contributed by atoms with Gasteiger partial charge < -0.3 is 8.83 Å². The van der Waals surface area contributed by atoms with E-state index in [4.69, 9.17) is 8.83 Å². The minimum Gasteiger partial charge on any atom is -0.472 e. The fourth-order valence-corrected chi connectivity index (χ4v) is 1.22. The van der Waals surface area contributed by atoms with Gasteiger partial charge in [0.15, 0.2) is 0 Å². The summed E-state index contributed by atoms with van der Waals surface area (Å²) in [5.74, 6) is 2.17. The normalized spacial score (nSPS) is 8.90. The molecule has 0 saturated heterocycles. The predicted octanol–water partition coefficient (Wildman–Crippen LogP) is 6.86. The summed E-state index contributed by atoms with van der Waals surface area (Å²) >= 11 is 0. The van der Waals surface area contributed by atoms with Crippen LogP contribution in [0.15, 0.2) is 45.8 Å². The zero-order valence-corrected chi connectivity index (χ0v) is 14.4. The third kappa shape index (κ3) is 9.48. The van der Waals surface area contributed by atoms with Crippen molar-refractivity contribution in [1.82, 2.24) is 0 Å². The smallest absolute Gasteiger partial charge is 0.106 e. The van der Waals surface area contributed by atoms with E-state index in [1.807, 2.05) is 45.9 Å². The van der Waals surface area contributed by atoms with Crippen molar-refractivity contribution in [3.63, 3.8) is 0 Å². The highest BCUT2D eigenvalue weighted by Gasteiger charge is 1.98. The summed E-state index contributed by atoms with van der Waals surface area (Å²) in [4.78, 5) is 0. The van der Waals surface area contributed by atoms with Crippen LogP contribution in [0.3, 0.4) is 0 Å². The predicted molar refractivity (Wildman–Crippen MR) is 88.3 cm³/mol. The highest BCUT2D eigenvalue weighted by atomic mass is 16.3. The maximum Gasteiger partial charge on any atom is 0.106 e. The lowest BCUT2D eigenvalue weighted by Crippen LogP contribution is -1.79. The van der Waals surface area contributed by atoms with E-state index in [-0.39, 0.29) is 0 Å². The van der Waals surface area contributed by atoms with Gasteiger partial charge in [-0.05, 0) is 29.7 Å². The molecular formula is C18H32O2. The molecule has 0 amide bonds. The van der Waals surface area contributed by atoms with Crippen LogP contribution in [0.1, 0.15) is 78.5 Å². The Balaban J connectivity index is 0. The summed E-state index contributed by atoms with van der Waals surface area (Å²) in [6.07, 6.45) is 5.19. The second-order valence-electron chi connectivity index (χ2n) is 4.38. The Kier molecular flexibility index (Phi) is 14.6. The Labute approximate surface area is 125 Å². The van der Waals surface area contributed by atoms with E-state index < -0.39 is 0 Å².